The van der Waals surface area contributed by atoms with Crippen LogP contribution in [0.2, 0.25) is 0 Å². The Morgan fingerprint density at radius 3 is 2.04 bits per heavy atom. The summed E-state index contributed by atoms with van der Waals surface area (Å²) in [5, 5.41) is 2.74. The van der Waals surface area contributed by atoms with E-state index in [9.17, 15) is 19.2 Å². The molecule has 1 N–H and O–H groups in total. The van der Waals surface area contributed by atoms with Crippen LogP contribution in [0.1, 0.15) is 57.4 Å². The molecule has 27 heavy (non-hydrogen) atoms. The minimum Gasteiger partial charge on any atom is -0.450 e. The summed E-state index contributed by atoms with van der Waals surface area (Å²) in [5.74, 6) is -1.39. The van der Waals surface area contributed by atoms with Crippen LogP contribution in [0.4, 0.5) is 5.69 Å². The summed E-state index contributed by atoms with van der Waals surface area (Å²) < 4.78 is 5.21. The number of rotatable bonds is 7. The lowest BCUT2D eigenvalue weighted by atomic mass is 10.1. The molecular weight excluding hydrogens is 366 g/mol. The Morgan fingerprint density at radius 1 is 0.926 bits per heavy atom. The Balaban J connectivity index is 2.00. The summed E-state index contributed by atoms with van der Waals surface area (Å²) in [6.07, 6.45) is -0.975. The number of Topliss-reactive ketones (excluding diaryl/α,β-unsaturated/α-hetero) is 2. The van der Waals surface area contributed by atoms with Crippen LogP contribution < -0.4 is 5.32 Å². The Morgan fingerprint density at radius 2 is 1.52 bits per heavy atom. The number of ketones is 2. The van der Waals surface area contributed by atoms with Gasteiger partial charge in [0.05, 0.1) is 4.88 Å². The van der Waals surface area contributed by atoms with Gasteiger partial charge in [-0.1, -0.05) is 13.8 Å². The van der Waals surface area contributed by atoms with Crippen LogP contribution >= 0.6 is 11.3 Å². The first kappa shape index (κ1) is 20.5. The van der Waals surface area contributed by atoms with E-state index in [4.69, 9.17) is 4.74 Å². The predicted molar refractivity (Wildman–Crippen MR) is 103 cm³/mol. The maximum atomic E-state index is 12.5. The van der Waals surface area contributed by atoms with Crippen molar-refractivity contribution in [1.29, 1.82) is 0 Å². The predicted octanol–water partition coefficient (Wildman–Crippen LogP) is 3.97. The average Bonchev–Trinajstić information content (AvgIpc) is 3.12. The number of carbonyl (C=O) groups is 4. The molecule has 1 aromatic heterocycles. The number of carbonyl (C=O) groups excluding carboxylic acids is 4. The third-order valence-electron chi connectivity index (χ3n) is 3.77. The molecule has 0 aliphatic heterocycles. The van der Waals surface area contributed by atoms with Gasteiger partial charge in [-0.25, -0.2) is 4.79 Å². The number of ether oxygens (including phenoxy) is 1. The van der Waals surface area contributed by atoms with E-state index in [1.165, 1.54) is 19.9 Å². The van der Waals surface area contributed by atoms with Crippen molar-refractivity contribution in [2.24, 2.45) is 5.92 Å². The summed E-state index contributed by atoms with van der Waals surface area (Å²) >= 11 is 1.03. The number of hydrogen-bond acceptors (Lipinski definition) is 6. The fourth-order valence-electron chi connectivity index (χ4n) is 2.15. The van der Waals surface area contributed by atoms with Gasteiger partial charge in [0, 0.05) is 17.2 Å². The van der Waals surface area contributed by atoms with Gasteiger partial charge in [-0.05, 0) is 50.2 Å². The maximum Gasteiger partial charge on any atom is 0.349 e. The Hall–Kier alpha value is -2.80. The topological polar surface area (TPSA) is 89.5 Å². The van der Waals surface area contributed by atoms with Gasteiger partial charge in [0.2, 0.25) is 11.7 Å². The zero-order valence-electron chi connectivity index (χ0n) is 15.6. The average molecular weight is 387 g/mol. The molecule has 1 amide bonds. The molecule has 142 valence electrons. The Bertz CT molecular complexity index is 867. The van der Waals surface area contributed by atoms with E-state index in [1.54, 1.807) is 44.2 Å². The lowest BCUT2D eigenvalue weighted by Gasteiger charge is -2.12. The van der Waals surface area contributed by atoms with Crippen molar-refractivity contribution < 1.29 is 23.9 Å². The molecule has 2 rings (SSSR count). The van der Waals surface area contributed by atoms with Gasteiger partial charge in [0.1, 0.15) is 4.88 Å². The molecule has 0 radical (unpaired) electrons. The summed E-state index contributed by atoms with van der Waals surface area (Å²) in [6.45, 7) is 6.49. The zero-order chi connectivity index (χ0) is 20.1. The molecule has 0 unspecified atom stereocenters. The fourth-order valence-corrected chi connectivity index (χ4v) is 2.93. The van der Waals surface area contributed by atoms with Crippen molar-refractivity contribution in [3.05, 3.63) is 51.7 Å². The van der Waals surface area contributed by atoms with Crippen LogP contribution in [-0.2, 0) is 9.53 Å². The molecular formula is C20H21NO5S. The SMILES string of the molecule is CC(=O)c1ccc(C(=O)O[C@H](C)C(=O)c2ccc(NC(=O)C(C)C)cc2)s1. The standard InChI is InChI=1S/C20H21NO5S/c1-11(2)19(24)21-15-7-5-14(6-8-15)18(23)13(4)26-20(25)17-10-9-16(27-17)12(3)22/h5-11,13H,1-4H3,(H,21,24)/t13-/m1/s1. The van der Waals surface area contributed by atoms with E-state index in [2.05, 4.69) is 5.32 Å². The third-order valence-corrected chi connectivity index (χ3v) is 4.93. The quantitative estimate of drug-likeness (QED) is 0.573. The molecule has 0 saturated carbocycles. The molecule has 7 heteroatoms. The summed E-state index contributed by atoms with van der Waals surface area (Å²) in [6, 6.07) is 9.46. The number of benzene rings is 1. The van der Waals surface area contributed by atoms with Gasteiger partial charge >= 0.3 is 5.97 Å². The lowest BCUT2D eigenvalue weighted by molar-refractivity contribution is -0.118. The highest BCUT2D eigenvalue weighted by Crippen LogP contribution is 2.19. The highest BCUT2D eigenvalue weighted by Gasteiger charge is 2.22. The molecule has 6 nitrogen and oxygen atoms in total. The smallest absolute Gasteiger partial charge is 0.349 e. The third kappa shape index (κ3) is 5.34. The van der Waals surface area contributed by atoms with Crippen LogP contribution in [0.3, 0.4) is 0 Å². The van der Waals surface area contributed by atoms with E-state index in [1.807, 2.05) is 0 Å². The molecule has 0 saturated heterocycles. The summed E-state index contributed by atoms with van der Waals surface area (Å²) in [7, 11) is 0. The monoisotopic (exact) mass is 387 g/mol. The Labute approximate surface area is 161 Å². The van der Waals surface area contributed by atoms with Gasteiger partial charge in [0.15, 0.2) is 11.9 Å². The van der Waals surface area contributed by atoms with Gasteiger partial charge in [-0.15, -0.1) is 11.3 Å². The Kier molecular flexibility index (Phi) is 6.63. The molecule has 1 heterocycles. The summed E-state index contributed by atoms with van der Waals surface area (Å²) in [4.78, 5) is 48.3. The molecule has 0 spiro atoms. The molecule has 0 fully saturated rings. The number of amides is 1. The number of thiophene rings is 1. The molecule has 1 atom stereocenters. The van der Waals surface area contributed by atoms with E-state index >= 15 is 0 Å². The molecule has 2 aromatic rings. The number of hydrogen-bond donors (Lipinski definition) is 1. The largest absolute Gasteiger partial charge is 0.450 e. The van der Waals surface area contributed by atoms with Gasteiger partial charge < -0.3 is 10.1 Å². The van der Waals surface area contributed by atoms with Crippen LogP contribution in [0.15, 0.2) is 36.4 Å². The van der Waals surface area contributed by atoms with Crippen LogP contribution in [-0.4, -0.2) is 29.5 Å². The number of esters is 1. The highest BCUT2D eigenvalue weighted by molar-refractivity contribution is 7.15. The first-order valence-electron chi connectivity index (χ1n) is 8.46. The fraction of sp³-hybridized carbons (Fsp3) is 0.300. The van der Waals surface area contributed by atoms with Gasteiger partial charge in [-0.2, -0.15) is 0 Å². The van der Waals surface area contributed by atoms with Crippen molar-refractivity contribution in [3.8, 4) is 0 Å². The van der Waals surface area contributed by atoms with E-state index < -0.39 is 12.1 Å². The van der Waals surface area contributed by atoms with Crippen LogP contribution in [0.5, 0.6) is 0 Å². The number of nitrogens with one attached hydrogen (secondary N) is 1. The minimum atomic E-state index is -0.975. The van der Waals surface area contributed by atoms with Crippen molar-refractivity contribution >= 4 is 40.5 Å². The normalized spacial score (nSPS) is 11.7. The second kappa shape index (κ2) is 8.73. The second-order valence-electron chi connectivity index (χ2n) is 6.35. The molecule has 1 aromatic carbocycles. The molecule has 0 bridgehead atoms. The summed E-state index contributed by atoms with van der Waals surface area (Å²) in [5.41, 5.74) is 0.957. The van der Waals surface area contributed by atoms with Gasteiger partial charge in [-0.3, -0.25) is 14.4 Å². The first-order chi connectivity index (χ1) is 12.7. The molecule has 0 aliphatic rings. The number of anilines is 1. The van der Waals surface area contributed by atoms with Crippen molar-refractivity contribution in [2.45, 2.75) is 33.8 Å². The molecule has 0 aliphatic carbocycles. The van der Waals surface area contributed by atoms with Crippen molar-refractivity contribution in [1.82, 2.24) is 0 Å². The van der Waals surface area contributed by atoms with Crippen molar-refractivity contribution in [2.75, 3.05) is 5.32 Å². The van der Waals surface area contributed by atoms with Crippen LogP contribution in [0, 0.1) is 5.92 Å². The second-order valence-corrected chi connectivity index (χ2v) is 7.44. The van der Waals surface area contributed by atoms with E-state index in [0.717, 1.165) is 11.3 Å². The van der Waals surface area contributed by atoms with Crippen LogP contribution in [0.25, 0.3) is 0 Å². The van der Waals surface area contributed by atoms with E-state index in [0.29, 0.717) is 16.1 Å². The first-order valence-corrected chi connectivity index (χ1v) is 9.27. The van der Waals surface area contributed by atoms with E-state index in [-0.39, 0.29) is 28.3 Å². The zero-order valence-corrected chi connectivity index (χ0v) is 16.4. The van der Waals surface area contributed by atoms with Gasteiger partial charge in [0.25, 0.3) is 0 Å². The lowest BCUT2D eigenvalue weighted by Crippen LogP contribution is -2.24. The highest BCUT2D eigenvalue weighted by atomic mass is 32.1. The maximum absolute atomic E-state index is 12.5. The van der Waals surface area contributed by atoms with Crippen molar-refractivity contribution in [3.63, 3.8) is 0 Å². The minimum absolute atomic E-state index is 0.114.